The standard InChI is InChI=1S/C44H42ClNO6S.C38H30ClNO6S.C36H36ClNO6S.CH4/c1-4-6-22-46(23-7-5-2)34-19-16-32(17-20-34)13-12-30-8-10-31(11-9-30)14-15-33-18-21-35(43(25-33)53(49,50)51)44-36-24-29(3)39(47)27-41(36)52-42-28-40(48)38(45)26-37(42)44;1-23-18-30-35(21-33(23)41)46-36-22-34(42)32(39)20-31(36)38(30)29-17-14-27(19-37(29)47(43,44)45)11-10-25-6-4-24(5-7-25)8-9-26-12-15-28(16-13-26)40(2)3;1-4-6-16-38(17-7-5-2)26-13-10-24(11-14-26)8-9-25-12-15-27(35(19-25)45(41,42)43)36-28-18-23(3)31(39)21-33(28)44-34-22-32(40)30(37)20-29(34)36;/h8-21,24-28,48H,4-7,22-23H2,1-3H3,(H,49,50,51);4-22,42H,1-3H3,(H,43,44,45);8-15,18-22,39H,4-7,16-17H2,1-3H3,(H,41,42,43);1H4/b13-12+,15-14+;9-8+,11-10+;9-8+;. The van der Waals surface area contributed by atoms with Gasteiger partial charge < -0.3 is 43.3 Å². The molecule has 6 N–H and O–H groups in total. The molecular formula is C119H112Cl3N3O18S3. The summed E-state index contributed by atoms with van der Waals surface area (Å²) in [4.78, 5) is 43.3. The molecule has 27 heteroatoms. The molecule has 21 nitrogen and oxygen atoms in total. The van der Waals surface area contributed by atoms with Crippen LogP contribution in [0.4, 0.5) is 17.1 Å². The minimum Gasteiger partial charge on any atom is -0.508 e. The van der Waals surface area contributed by atoms with E-state index in [9.17, 15) is 68.6 Å². The second-order valence-corrected chi connectivity index (χ2v) is 41.3. The molecule has 0 saturated carbocycles. The lowest BCUT2D eigenvalue weighted by Crippen LogP contribution is -2.25. The van der Waals surface area contributed by atoms with Crippen LogP contribution in [0.25, 0.3) is 161 Å². The maximum absolute atomic E-state index is 12.9. The van der Waals surface area contributed by atoms with Gasteiger partial charge in [0, 0.05) is 160 Å². The summed E-state index contributed by atoms with van der Waals surface area (Å²) in [5.41, 5.74) is 16.2. The highest BCUT2D eigenvalue weighted by atomic mass is 35.5. The summed E-state index contributed by atoms with van der Waals surface area (Å²) in [6.45, 7) is 18.0. The van der Waals surface area contributed by atoms with Crippen LogP contribution in [-0.4, -0.2) is 94.5 Å². The first-order chi connectivity index (χ1) is 69.3. The van der Waals surface area contributed by atoms with Crippen LogP contribution in [0.2, 0.25) is 15.1 Å². The van der Waals surface area contributed by atoms with E-state index < -0.39 is 35.8 Å². The zero-order valence-electron chi connectivity index (χ0n) is 81.2. The number of aromatic hydroxyl groups is 3. The van der Waals surface area contributed by atoms with Crippen LogP contribution < -0.4 is 31.0 Å². The monoisotopic (exact) mass is 2070 g/mol. The van der Waals surface area contributed by atoms with E-state index in [1.54, 1.807) is 93.6 Å². The van der Waals surface area contributed by atoms with Gasteiger partial charge in [-0.25, -0.2) is 0 Å². The molecule has 0 bridgehead atoms. The number of phenolic OH excluding ortho intramolecular Hbond substituents is 3. The highest BCUT2D eigenvalue weighted by molar-refractivity contribution is 7.86. The van der Waals surface area contributed by atoms with Gasteiger partial charge in [-0.1, -0.05) is 278 Å². The Hall–Kier alpha value is -14.4. The first-order valence-electron chi connectivity index (χ1n) is 47.4. The molecule has 3 aliphatic carbocycles. The van der Waals surface area contributed by atoms with E-state index in [1.165, 1.54) is 110 Å². The number of nitrogens with zero attached hydrogens (tertiary/aromatic N) is 3. The van der Waals surface area contributed by atoms with Gasteiger partial charge in [0.15, 0.2) is 10.9 Å². The normalized spacial score (nSPS) is 12.0. The third-order valence-corrected chi connectivity index (χ3v) is 28.8. The second-order valence-electron chi connectivity index (χ2n) is 35.9. The molecule has 6 aliphatic rings. The van der Waals surface area contributed by atoms with Crippen LogP contribution in [0.1, 0.15) is 159 Å². The van der Waals surface area contributed by atoms with Gasteiger partial charge in [0.2, 0.25) is 5.43 Å². The molecular weight excluding hydrogens is 1960 g/mol. The first kappa shape index (κ1) is 107. The summed E-state index contributed by atoms with van der Waals surface area (Å²) >= 11 is 18.7. The van der Waals surface area contributed by atoms with Crippen LogP contribution in [0.5, 0.6) is 17.2 Å². The summed E-state index contributed by atoms with van der Waals surface area (Å²) in [6.07, 6.45) is 28.5. The molecule has 750 valence electrons. The third kappa shape index (κ3) is 25.6. The van der Waals surface area contributed by atoms with E-state index in [0.29, 0.717) is 82.9 Å². The molecule has 0 spiro atoms. The Labute approximate surface area is 865 Å². The van der Waals surface area contributed by atoms with Crippen molar-refractivity contribution in [2.45, 2.75) is 122 Å². The number of unbranched alkanes of at least 4 members (excludes halogenated alkanes) is 4. The molecule has 0 radical (unpaired) electrons. The van der Waals surface area contributed by atoms with Crippen molar-refractivity contribution in [2.75, 3.05) is 55.0 Å². The number of hydrogen-bond donors (Lipinski definition) is 6. The van der Waals surface area contributed by atoms with Gasteiger partial charge in [-0.05, 0) is 210 Å². The second kappa shape index (κ2) is 46.7. The van der Waals surface area contributed by atoms with Crippen LogP contribution in [-0.2, 0) is 30.4 Å². The first-order valence-corrected chi connectivity index (χ1v) is 52.9. The number of halogens is 3. The predicted molar refractivity (Wildman–Crippen MR) is 599 cm³/mol. The molecule has 11 aromatic carbocycles. The average Bonchev–Trinajstić information content (AvgIpc) is 0.743. The van der Waals surface area contributed by atoms with Crippen molar-refractivity contribution < 1.29 is 67.5 Å². The maximum atomic E-state index is 12.9. The molecule has 0 saturated heterocycles. The van der Waals surface area contributed by atoms with Crippen molar-refractivity contribution in [3.8, 4) is 84.6 Å². The van der Waals surface area contributed by atoms with Gasteiger partial charge in [0.1, 0.15) is 66.0 Å². The summed E-state index contributed by atoms with van der Waals surface area (Å²) in [6, 6.07) is 72.5. The van der Waals surface area contributed by atoms with Gasteiger partial charge in [-0.15, -0.1) is 0 Å². The van der Waals surface area contributed by atoms with E-state index in [1.807, 2.05) is 105 Å². The van der Waals surface area contributed by atoms with Crippen LogP contribution in [0.15, 0.2) is 291 Å². The van der Waals surface area contributed by atoms with Crippen LogP contribution >= 0.6 is 34.8 Å². The predicted octanol–water partition coefficient (Wildman–Crippen LogP) is 29.8. The van der Waals surface area contributed by atoms with Crippen molar-refractivity contribution in [1.29, 1.82) is 0 Å². The average molecular weight is 2070 g/mol. The van der Waals surface area contributed by atoms with Crippen molar-refractivity contribution in [3.63, 3.8) is 0 Å². The number of anilines is 3. The molecule has 17 rings (SSSR count). The molecule has 0 fully saturated rings. The topological polar surface area (TPSA) is 324 Å². The number of aryl methyl sites for hydroxylation is 3. The Morgan fingerprint density at radius 2 is 0.541 bits per heavy atom. The molecule has 146 heavy (non-hydrogen) atoms. The summed E-state index contributed by atoms with van der Waals surface area (Å²) in [5.74, 6) is 0.0445. The van der Waals surface area contributed by atoms with E-state index in [2.05, 4.69) is 115 Å². The third-order valence-electron chi connectivity index (χ3n) is 25.2. The van der Waals surface area contributed by atoms with Crippen molar-refractivity contribution >= 4 is 176 Å². The van der Waals surface area contributed by atoms with E-state index in [0.717, 1.165) is 96.5 Å². The highest BCUT2D eigenvalue weighted by Crippen LogP contribution is 2.50. The Kier molecular flexibility index (Phi) is 34.4. The van der Waals surface area contributed by atoms with Gasteiger partial charge in [-0.2, -0.15) is 25.3 Å². The molecule has 0 atom stereocenters. The summed E-state index contributed by atoms with van der Waals surface area (Å²) < 4.78 is 126. The maximum Gasteiger partial charge on any atom is 0.295 e. The van der Waals surface area contributed by atoms with Crippen molar-refractivity contribution in [2.24, 2.45) is 0 Å². The van der Waals surface area contributed by atoms with Crippen molar-refractivity contribution in [3.05, 3.63) is 367 Å². The van der Waals surface area contributed by atoms with Crippen LogP contribution in [0, 0.1) is 20.8 Å². The van der Waals surface area contributed by atoms with E-state index in [-0.39, 0.29) is 116 Å². The molecule has 0 unspecified atom stereocenters. The largest absolute Gasteiger partial charge is 0.508 e. The lowest BCUT2D eigenvalue weighted by molar-refractivity contribution is 0.470. The lowest BCUT2D eigenvalue weighted by atomic mass is 9.92. The highest BCUT2D eigenvalue weighted by Gasteiger charge is 2.31. The molecule has 0 aromatic heterocycles. The molecule has 3 aliphatic heterocycles. The number of rotatable bonds is 31. The zero-order valence-corrected chi connectivity index (χ0v) is 85.9. The molecule has 11 aromatic rings. The fourth-order valence-corrected chi connectivity index (χ4v) is 19.9. The Balaban J connectivity index is 0.000000173. The Bertz CT molecular complexity index is 8330. The van der Waals surface area contributed by atoms with Crippen molar-refractivity contribution in [1.82, 2.24) is 0 Å². The Morgan fingerprint density at radius 3 is 0.829 bits per heavy atom. The quantitative estimate of drug-likeness (QED) is 0.0134. The summed E-state index contributed by atoms with van der Waals surface area (Å²) in [5, 5.41) is 32.1. The summed E-state index contributed by atoms with van der Waals surface area (Å²) in [7, 11) is -10.1. The number of phenols is 3. The smallest absolute Gasteiger partial charge is 0.295 e. The minimum absolute atomic E-state index is 0. The number of fused-ring (bicyclic) bond motifs is 6. The SMILES string of the molecule is C.CCCCN(CCCC)c1ccc(/C=C/c2ccc(-c3c4cc(Cl)c(=O)cc-4oc4cc(O)c(C)cc34)c(S(=O)(=O)O)c2)cc1.CCCCN(CCCC)c1ccc(/C=C/c2ccc(/C=C/c3ccc(-c4c5cc(C)c(=O)cc-5oc5cc(O)c(Cl)cc45)c(S(=O)(=O)O)c3)cc2)cc1.Cc1cc2c(-c3ccc(/C=C/c4ccc(/C=C/c5ccc(N(C)C)cc5)cc4)cc3S(=O)(=O)O)c3cc(Cl)c(O)cc3oc-2cc1=O. The van der Waals surface area contributed by atoms with Gasteiger partial charge in [0.25, 0.3) is 30.4 Å². The molecule has 3 heterocycles. The minimum atomic E-state index is -4.73. The fraction of sp³-hybridized carbons (Fsp3) is 0.185. The van der Waals surface area contributed by atoms with Crippen LogP contribution in [0.3, 0.4) is 0 Å². The van der Waals surface area contributed by atoms with E-state index in [4.69, 9.17) is 48.1 Å². The lowest BCUT2D eigenvalue weighted by Gasteiger charge is -2.24. The fourth-order valence-electron chi connectivity index (χ4n) is 17.2. The van der Waals surface area contributed by atoms with Gasteiger partial charge >= 0.3 is 0 Å². The number of benzene rings is 14. The van der Waals surface area contributed by atoms with E-state index >= 15 is 0 Å². The molecule has 0 amide bonds. The number of hydrogen-bond acceptors (Lipinski definition) is 18. The Morgan fingerprint density at radius 1 is 0.288 bits per heavy atom. The van der Waals surface area contributed by atoms with Gasteiger partial charge in [0.05, 0.1) is 15.1 Å². The van der Waals surface area contributed by atoms with Gasteiger partial charge in [-0.3, -0.25) is 28.0 Å². The zero-order chi connectivity index (χ0) is 103.